The van der Waals surface area contributed by atoms with E-state index in [0.717, 1.165) is 9.73 Å². The summed E-state index contributed by atoms with van der Waals surface area (Å²) in [4.78, 5) is 6.60. The van der Waals surface area contributed by atoms with Gasteiger partial charge < -0.3 is 4.90 Å². The standard InChI is InChI=1S/C9H15BrN2S/c1-6(2)7(3)12(4)9-11-8(10)5-13-9/h5-7H,1-4H3. The fourth-order valence-electron chi connectivity index (χ4n) is 1.03. The van der Waals surface area contributed by atoms with E-state index >= 15 is 0 Å². The van der Waals surface area contributed by atoms with Gasteiger partial charge in [0.1, 0.15) is 4.60 Å². The van der Waals surface area contributed by atoms with Crippen molar-refractivity contribution in [2.45, 2.75) is 26.8 Å². The van der Waals surface area contributed by atoms with Gasteiger partial charge in [0, 0.05) is 18.5 Å². The Bertz CT molecular complexity index is 272. The predicted molar refractivity (Wildman–Crippen MR) is 62.5 cm³/mol. The zero-order valence-electron chi connectivity index (χ0n) is 8.41. The van der Waals surface area contributed by atoms with Gasteiger partial charge in [0.2, 0.25) is 0 Å². The van der Waals surface area contributed by atoms with Gasteiger partial charge in [0.25, 0.3) is 0 Å². The van der Waals surface area contributed by atoms with Crippen LogP contribution in [0.1, 0.15) is 20.8 Å². The third kappa shape index (κ3) is 2.68. The van der Waals surface area contributed by atoms with E-state index in [-0.39, 0.29) is 0 Å². The molecule has 0 bridgehead atoms. The van der Waals surface area contributed by atoms with Gasteiger partial charge in [-0.15, -0.1) is 11.3 Å². The lowest BCUT2D eigenvalue weighted by Gasteiger charge is -2.27. The molecule has 0 amide bonds. The summed E-state index contributed by atoms with van der Waals surface area (Å²) in [5.74, 6) is 0.646. The van der Waals surface area contributed by atoms with Crippen molar-refractivity contribution in [2.75, 3.05) is 11.9 Å². The van der Waals surface area contributed by atoms with Crippen LogP contribution in [0.3, 0.4) is 0 Å². The molecule has 74 valence electrons. The normalized spacial score (nSPS) is 13.4. The first-order valence-corrected chi connectivity index (χ1v) is 6.03. The Morgan fingerprint density at radius 1 is 1.46 bits per heavy atom. The van der Waals surface area contributed by atoms with Gasteiger partial charge >= 0.3 is 0 Å². The van der Waals surface area contributed by atoms with Crippen molar-refractivity contribution in [3.05, 3.63) is 9.98 Å². The molecular weight excluding hydrogens is 248 g/mol. The molecule has 0 aliphatic carbocycles. The van der Waals surface area contributed by atoms with Gasteiger partial charge in [0.15, 0.2) is 5.13 Å². The van der Waals surface area contributed by atoms with Crippen molar-refractivity contribution in [1.29, 1.82) is 0 Å². The highest BCUT2D eigenvalue weighted by Crippen LogP contribution is 2.25. The van der Waals surface area contributed by atoms with Crippen LogP contribution in [-0.4, -0.2) is 18.1 Å². The zero-order chi connectivity index (χ0) is 10.0. The molecule has 0 aliphatic heterocycles. The molecular formula is C9H15BrN2S. The summed E-state index contributed by atoms with van der Waals surface area (Å²) in [5.41, 5.74) is 0. The number of hydrogen-bond donors (Lipinski definition) is 0. The van der Waals surface area contributed by atoms with Crippen molar-refractivity contribution in [2.24, 2.45) is 5.92 Å². The van der Waals surface area contributed by atoms with Crippen molar-refractivity contribution in [3.8, 4) is 0 Å². The highest BCUT2D eigenvalue weighted by molar-refractivity contribution is 9.10. The van der Waals surface area contributed by atoms with Crippen molar-refractivity contribution < 1.29 is 0 Å². The zero-order valence-corrected chi connectivity index (χ0v) is 10.8. The van der Waals surface area contributed by atoms with Crippen LogP contribution in [0, 0.1) is 5.92 Å². The van der Waals surface area contributed by atoms with Crippen molar-refractivity contribution in [1.82, 2.24) is 4.98 Å². The van der Waals surface area contributed by atoms with Gasteiger partial charge in [-0.25, -0.2) is 4.98 Å². The Morgan fingerprint density at radius 2 is 2.08 bits per heavy atom. The monoisotopic (exact) mass is 262 g/mol. The minimum atomic E-state index is 0.526. The second kappa shape index (κ2) is 4.42. The molecule has 0 saturated heterocycles. The largest absolute Gasteiger partial charge is 0.348 e. The molecule has 13 heavy (non-hydrogen) atoms. The Hall–Kier alpha value is -0.0900. The lowest BCUT2D eigenvalue weighted by molar-refractivity contribution is 0.505. The fraction of sp³-hybridized carbons (Fsp3) is 0.667. The highest BCUT2D eigenvalue weighted by atomic mass is 79.9. The van der Waals surface area contributed by atoms with Crippen LogP contribution in [0.15, 0.2) is 9.98 Å². The van der Waals surface area contributed by atoms with E-state index in [1.165, 1.54) is 0 Å². The third-order valence-electron chi connectivity index (χ3n) is 2.34. The maximum absolute atomic E-state index is 4.38. The van der Waals surface area contributed by atoms with Gasteiger partial charge in [-0.05, 0) is 28.8 Å². The number of aromatic nitrogens is 1. The first kappa shape index (κ1) is 11.0. The quantitative estimate of drug-likeness (QED) is 0.831. The maximum Gasteiger partial charge on any atom is 0.186 e. The molecule has 0 fully saturated rings. The summed E-state index contributed by atoms with van der Waals surface area (Å²) in [6.07, 6.45) is 0. The summed E-state index contributed by atoms with van der Waals surface area (Å²) in [7, 11) is 2.09. The number of thiazole rings is 1. The molecule has 1 unspecified atom stereocenters. The first-order chi connectivity index (χ1) is 6.02. The Morgan fingerprint density at radius 3 is 2.46 bits per heavy atom. The van der Waals surface area contributed by atoms with Crippen LogP contribution in [0.2, 0.25) is 0 Å². The van der Waals surface area contributed by atoms with E-state index in [1.807, 2.05) is 5.38 Å². The SMILES string of the molecule is CC(C)C(C)N(C)c1nc(Br)cs1. The molecule has 0 saturated carbocycles. The van der Waals surface area contributed by atoms with Gasteiger partial charge in [-0.3, -0.25) is 0 Å². The van der Waals surface area contributed by atoms with Crippen LogP contribution in [0.25, 0.3) is 0 Å². The van der Waals surface area contributed by atoms with Crippen LogP contribution < -0.4 is 4.90 Å². The Kier molecular flexibility index (Phi) is 3.74. The number of anilines is 1. The summed E-state index contributed by atoms with van der Waals surface area (Å²) < 4.78 is 0.926. The summed E-state index contributed by atoms with van der Waals surface area (Å²) in [6.45, 7) is 6.67. The maximum atomic E-state index is 4.38. The predicted octanol–water partition coefficient (Wildman–Crippen LogP) is 3.39. The van der Waals surface area contributed by atoms with E-state index in [9.17, 15) is 0 Å². The van der Waals surface area contributed by atoms with Gasteiger partial charge in [-0.2, -0.15) is 0 Å². The Balaban J connectivity index is 2.73. The molecule has 0 radical (unpaired) electrons. The minimum absolute atomic E-state index is 0.526. The molecule has 1 rings (SSSR count). The number of hydrogen-bond acceptors (Lipinski definition) is 3. The second-order valence-corrected chi connectivity index (χ2v) is 5.20. The van der Waals surface area contributed by atoms with Crippen LogP contribution in [0.4, 0.5) is 5.13 Å². The second-order valence-electron chi connectivity index (χ2n) is 3.55. The van der Waals surface area contributed by atoms with Gasteiger partial charge in [0.05, 0.1) is 0 Å². The van der Waals surface area contributed by atoms with E-state index in [2.05, 4.69) is 53.6 Å². The molecule has 1 aromatic heterocycles. The lowest BCUT2D eigenvalue weighted by atomic mass is 10.1. The van der Waals surface area contributed by atoms with Crippen molar-refractivity contribution >= 4 is 32.4 Å². The number of rotatable bonds is 3. The topological polar surface area (TPSA) is 16.1 Å². The molecule has 0 N–H and O–H groups in total. The first-order valence-electron chi connectivity index (χ1n) is 4.36. The van der Waals surface area contributed by atoms with E-state index in [4.69, 9.17) is 0 Å². The van der Waals surface area contributed by atoms with Gasteiger partial charge in [-0.1, -0.05) is 13.8 Å². The lowest BCUT2D eigenvalue weighted by Crippen LogP contribution is -2.32. The molecule has 4 heteroatoms. The molecule has 0 aliphatic rings. The average Bonchev–Trinajstić information content (AvgIpc) is 2.49. The number of nitrogens with zero attached hydrogens (tertiary/aromatic N) is 2. The fourth-order valence-corrected chi connectivity index (χ4v) is 2.33. The summed E-state index contributed by atoms with van der Waals surface area (Å²) >= 11 is 5.03. The Labute approximate surface area is 92.1 Å². The summed E-state index contributed by atoms with van der Waals surface area (Å²) in [5, 5.41) is 3.09. The molecule has 1 aromatic rings. The highest BCUT2D eigenvalue weighted by Gasteiger charge is 2.15. The van der Waals surface area contributed by atoms with Crippen LogP contribution >= 0.6 is 27.3 Å². The smallest absolute Gasteiger partial charge is 0.186 e. The van der Waals surface area contributed by atoms with E-state index < -0.39 is 0 Å². The average molecular weight is 263 g/mol. The molecule has 0 aromatic carbocycles. The van der Waals surface area contributed by atoms with Crippen LogP contribution in [0.5, 0.6) is 0 Å². The van der Waals surface area contributed by atoms with E-state index in [0.29, 0.717) is 12.0 Å². The van der Waals surface area contributed by atoms with Crippen molar-refractivity contribution in [3.63, 3.8) is 0 Å². The summed E-state index contributed by atoms with van der Waals surface area (Å²) in [6, 6.07) is 0.526. The minimum Gasteiger partial charge on any atom is -0.348 e. The molecule has 2 nitrogen and oxygen atoms in total. The number of halogens is 1. The molecule has 0 spiro atoms. The third-order valence-corrected chi connectivity index (χ3v) is 3.98. The van der Waals surface area contributed by atoms with Crippen LogP contribution in [-0.2, 0) is 0 Å². The van der Waals surface area contributed by atoms with E-state index in [1.54, 1.807) is 11.3 Å². The molecule has 1 heterocycles. The molecule has 1 atom stereocenters.